The standard InChI is InChI=1S/C17H36O3.C4H8/c1-7-9-10-14-17(19-5,20-6)15-11-13-16(3,18-4)12-8-2;1-3-4-2/h7-15H2,1-6H3;3H,1,4H2,2H3. The first-order chi connectivity index (χ1) is 11.4. The van der Waals surface area contributed by atoms with Gasteiger partial charge in [0.1, 0.15) is 0 Å². The molecule has 0 aliphatic rings. The first-order valence-electron chi connectivity index (χ1n) is 9.69. The summed E-state index contributed by atoms with van der Waals surface area (Å²) in [7, 11) is 5.34. The van der Waals surface area contributed by atoms with E-state index in [1.807, 2.05) is 13.2 Å². The molecule has 0 aliphatic carbocycles. The van der Waals surface area contributed by atoms with Crippen molar-refractivity contribution in [1.82, 2.24) is 0 Å². The van der Waals surface area contributed by atoms with Crippen LogP contribution in [0.3, 0.4) is 0 Å². The minimum absolute atomic E-state index is 0.00854. The molecule has 3 nitrogen and oxygen atoms in total. The molecule has 0 saturated heterocycles. The highest BCUT2D eigenvalue weighted by Gasteiger charge is 2.30. The highest BCUT2D eigenvalue weighted by Crippen LogP contribution is 2.30. The van der Waals surface area contributed by atoms with Crippen LogP contribution in [0, 0.1) is 0 Å². The van der Waals surface area contributed by atoms with E-state index in [9.17, 15) is 0 Å². The van der Waals surface area contributed by atoms with Crippen LogP contribution in [0.2, 0.25) is 0 Å². The number of hydrogen-bond acceptors (Lipinski definition) is 3. The van der Waals surface area contributed by atoms with E-state index in [0.29, 0.717) is 0 Å². The first kappa shape index (κ1) is 25.9. The van der Waals surface area contributed by atoms with Crippen LogP contribution in [0.4, 0.5) is 0 Å². The van der Waals surface area contributed by atoms with E-state index in [4.69, 9.17) is 14.2 Å². The monoisotopic (exact) mass is 344 g/mol. The van der Waals surface area contributed by atoms with Crippen LogP contribution < -0.4 is 0 Å². The molecule has 0 aliphatic heterocycles. The van der Waals surface area contributed by atoms with Crippen molar-refractivity contribution in [1.29, 1.82) is 0 Å². The van der Waals surface area contributed by atoms with Gasteiger partial charge >= 0.3 is 0 Å². The summed E-state index contributed by atoms with van der Waals surface area (Å²) in [5.74, 6) is -0.407. The van der Waals surface area contributed by atoms with Gasteiger partial charge < -0.3 is 14.2 Å². The summed E-state index contributed by atoms with van der Waals surface area (Å²) in [6.07, 6.45) is 12.9. The van der Waals surface area contributed by atoms with E-state index < -0.39 is 5.79 Å². The van der Waals surface area contributed by atoms with Crippen LogP contribution in [0.25, 0.3) is 0 Å². The van der Waals surface area contributed by atoms with Gasteiger partial charge in [0, 0.05) is 34.2 Å². The lowest BCUT2D eigenvalue weighted by Crippen LogP contribution is -2.35. The van der Waals surface area contributed by atoms with Crippen molar-refractivity contribution in [2.24, 2.45) is 0 Å². The van der Waals surface area contributed by atoms with Crippen molar-refractivity contribution in [2.45, 2.75) is 103 Å². The van der Waals surface area contributed by atoms with Gasteiger partial charge in [0.2, 0.25) is 0 Å². The fraction of sp³-hybridized carbons (Fsp3) is 0.905. The van der Waals surface area contributed by atoms with Gasteiger partial charge in [-0.2, -0.15) is 0 Å². The lowest BCUT2D eigenvalue weighted by molar-refractivity contribution is -0.217. The Morgan fingerprint density at radius 3 is 1.67 bits per heavy atom. The molecule has 24 heavy (non-hydrogen) atoms. The molecule has 0 amide bonds. The van der Waals surface area contributed by atoms with Crippen molar-refractivity contribution < 1.29 is 14.2 Å². The second-order valence-corrected chi connectivity index (χ2v) is 6.73. The predicted octanol–water partition coefficient (Wildman–Crippen LogP) is 6.51. The number of rotatable bonds is 14. The molecule has 0 fully saturated rings. The number of allylic oxidation sites excluding steroid dienone is 1. The number of unbranched alkanes of at least 4 members (excludes halogenated alkanes) is 2. The van der Waals surface area contributed by atoms with E-state index in [0.717, 1.165) is 51.4 Å². The molecule has 0 aromatic rings. The molecule has 1 unspecified atom stereocenters. The summed E-state index contributed by atoms with van der Waals surface area (Å²) in [6.45, 7) is 12.2. The number of hydrogen-bond donors (Lipinski definition) is 0. The summed E-state index contributed by atoms with van der Waals surface area (Å²) in [4.78, 5) is 0. The normalized spacial score (nSPS) is 13.8. The van der Waals surface area contributed by atoms with Crippen LogP contribution >= 0.6 is 0 Å². The average Bonchev–Trinajstić information content (AvgIpc) is 2.61. The second-order valence-electron chi connectivity index (χ2n) is 6.73. The van der Waals surface area contributed by atoms with Crippen molar-refractivity contribution in [3.63, 3.8) is 0 Å². The van der Waals surface area contributed by atoms with E-state index in [1.54, 1.807) is 14.2 Å². The molecule has 0 rings (SSSR count). The van der Waals surface area contributed by atoms with Gasteiger partial charge in [-0.15, -0.1) is 6.58 Å². The maximum atomic E-state index is 5.68. The molecule has 146 valence electrons. The van der Waals surface area contributed by atoms with E-state index in [1.165, 1.54) is 12.8 Å². The Morgan fingerprint density at radius 2 is 1.29 bits per heavy atom. The van der Waals surface area contributed by atoms with Gasteiger partial charge in [0.25, 0.3) is 0 Å². The quantitative estimate of drug-likeness (QED) is 0.204. The highest BCUT2D eigenvalue weighted by molar-refractivity contribution is 4.77. The highest BCUT2D eigenvalue weighted by atomic mass is 16.7. The molecule has 0 spiro atoms. The van der Waals surface area contributed by atoms with E-state index >= 15 is 0 Å². The van der Waals surface area contributed by atoms with Crippen LogP contribution in [0.1, 0.15) is 91.9 Å². The van der Waals surface area contributed by atoms with Crippen molar-refractivity contribution >= 4 is 0 Å². The minimum atomic E-state index is -0.407. The van der Waals surface area contributed by atoms with Gasteiger partial charge in [-0.1, -0.05) is 46.1 Å². The fourth-order valence-corrected chi connectivity index (χ4v) is 2.85. The lowest BCUT2D eigenvalue weighted by Gasteiger charge is -2.33. The van der Waals surface area contributed by atoms with Gasteiger partial charge in [-0.05, 0) is 39.0 Å². The summed E-state index contributed by atoms with van der Waals surface area (Å²) in [5, 5.41) is 0. The maximum absolute atomic E-state index is 5.68. The molecule has 0 radical (unpaired) electrons. The molecule has 0 saturated carbocycles. The zero-order valence-corrected chi connectivity index (χ0v) is 17.6. The molecular weight excluding hydrogens is 300 g/mol. The third-order valence-corrected chi connectivity index (χ3v) is 4.73. The topological polar surface area (TPSA) is 27.7 Å². The van der Waals surface area contributed by atoms with Crippen molar-refractivity contribution in [3.8, 4) is 0 Å². The smallest absolute Gasteiger partial charge is 0.167 e. The third-order valence-electron chi connectivity index (χ3n) is 4.73. The maximum Gasteiger partial charge on any atom is 0.167 e. The molecule has 0 aromatic carbocycles. The van der Waals surface area contributed by atoms with Crippen molar-refractivity contribution in [2.75, 3.05) is 21.3 Å². The zero-order chi connectivity index (χ0) is 18.9. The Kier molecular flexibility index (Phi) is 17.4. The van der Waals surface area contributed by atoms with Crippen LogP contribution in [-0.4, -0.2) is 32.7 Å². The van der Waals surface area contributed by atoms with Crippen LogP contribution in [-0.2, 0) is 14.2 Å². The fourth-order valence-electron chi connectivity index (χ4n) is 2.85. The summed E-state index contributed by atoms with van der Waals surface area (Å²) >= 11 is 0. The second kappa shape index (κ2) is 16.1. The Bertz CT molecular complexity index is 274. The van der Waals surface area contributed by atoms with Crippen LogP contribution in [0.5, 0.6) is 0 Å². The Balaban J connectivity index is 0. The Hall–Kier alpha value is -0.380. The predicted molar refractivity (Wildman–Crippen MR) is 106 cm³/mol. The molecule has 3 heteroatoms. The van der Waals surface area contributed by atoms with Gasteiger partial charge in [0.05, 0.1) is 5.60 Å². The van der Waals surface area contributed by atoms with Gasteiger partial charge in [-0.3, -0.25) is 0 Å². The Labute approximate surface area is 152 Å². The van der Waals surface area contributed by atoms with E-state index in [-0.39, 0.29) is 5.60 Å². The Morgan fingerprint density at radius 1 is 0.750 bits per heavy atom. The summed E-state index contributed by atoms with van der Waals surface area (Å²) in [6, 6.07) is 0. The van der Waals surface area contributed by atoms with Gasteiger partial charge in [-0.25, -0.2) is 0 Å². The molecule has 0 heterocycles. The minimum Gasteiger partial charge on any atom is -0.379 e. The van der Waals surface area contributed by atoms with Gasteiger partial charge in [0.15, 0.2) is 5.79 Å². The summed E-state index contributed by atoms with van der Waals surface area (Å²) < 4.78 is 17.0. The lowest BCUT2D eigenvalue weighted by atomic mass is 9.91. The third kappa shape index (κ3) is 12.0. The molecule has 0 N–H and O–H groups in total. The number of ether oxygens (including phenoxy) is 3. The van der Waals surface area contributed by atoms with E-state index in [2.05, 4.69) is 34.3 Å². The molecule has 0 aromatic heterocycles. The molecule has 0 bridgehead atoms. The number of methoxy groups -OCH3 is 3. The average molecular weight is 345 g/mol. The van der Waals surface area contributed by atoms with Crippen molar-refractivity contribution in [3.05, 3.63) is 12.7 Å². The first-order valence-corrected chi connectivity index (χ1v) is 9.69. The zero-order valence-electron chi connectivity index (χ0n) is 17.6. The summed E-state index contributed by atoms with van der Waals surface area (Å²) in [5.41, 5.74) is -0.00854. The SMILES string of the molecule is C=CCC.CCCCCC(CCCC(C)(CCC)OC)(OC)OC. The largest absolute Gasteiger partial charge is 0.379 e. The molecular formula is C21H44O3. The van der Waals surface area contributed by atoms with Crippen LogP contribution in [0.15, 0.2) is 12.7 Å². The molecule has 1 atom stereocenters.